The number of urea groups is 1. The van der Waals surface area contributed by atoms with Crippen molar-refractivity contribution in [2.45, 2.75) is 57.2 Å². The van der Waals surface area contributed by atoms with E-state index < -0.39 is 5.54 Å². The van der Waals surface area contributed by atoms with Crippen LogP contribution in [0.3, 0.4) is 0 Å². The number of aliphatic hydroxyl groups is 1. The molecule has 0 radical (unpaired) electrons. The fourth-order valence-electron chi connectivity index (χ4n) is 3.71. The standard InChI is InChI=1S/C17H26N4O3/c1-11-18-8-12-6-13(4-5-15(12)19-11)20-16(23)21-9-14(24-3)7-17(21,2)10-22/h8,13-14,22H,4-7,9-10H2,1-3H3,(H,20,23). The summed E-state index contributed by atoms with van der Waals surface area (Å²) in [6.07, 6.45) is 4.95. The van der Waals surface area contributed by atoms with Gasteiger partial charge in [0.1, 0.15) is 5.82 Å². The second kappa shape index (κ2) is 6.64. The van der Waals surface area contributed by atoms with E-state index in [-0.39, 0.29) is 24.8 Å². The molecule has 2 aliphatic rings. The topological polar surface area (TPSA) is 87.6 Å². The fraction of sp³-hybridized carbons (Fsp3) is 0.706. The smallest absolute Gasteiger partial charge is 0.318 e. The number of likely N-dealkylation sites (tertiary alicyclic amines) is 1. The van der Waals surface area contributed by atoms with Gasteiger partial charge in [-0.05, 0) is 38.7 Å². The molecule has 0 bridgehead atoms. The number of aryl methyl sites for hydroxylation is 2. The van der Waals surface area contributed by atoms with Gasteiger partial charge < -0.3 is 20.1 Å². The van der Waals surface area contributed by atoms with Crippen LogP contribution in [0.1, 0.15) is 36.8 Å². The number of rotatable bonds is 3. The Hall–Kier alpha value is -1.73. The lowest BCUT2D eigenvalue weighted by molar-refractivity contribution is 0.0937. The molecule has 7 heteroatoms. The van der Waals surface area contributed by atoms with Gasteiger partial charge in [0.05, 0.1) is 18.2 Å². The maximum atomic E-state index is 12.7. The summed E-state index contributed by atoms with van der Waals surface area (Å²) in [5.41, 5.74) is 1.63. The molecule has 1 aliphatic carbocycles. The van der Waals surface area contributed by atoms with Crippen LogP contribution in [0.15, 0.2) is 6.20 Å². The third-order valence-corrected chi connectivity index (χ3v) is 5.22. The highest BCUT2D eigenvalue weighted by Crippen LogP contribution is 2.30. The van der Waals surface area contributed by atoms with E-state index >= 15 is 0 Å². The zero-order chi connectivity index (χ0) is 17.3. The van der Waals surface area contributed by atoms with Gasteiger partial charge in [0, 0.05) is 38.0 Å². The number of fused-ring (bicyclic) bond motifs is 1. The van der Waals surface area contributed by atoms with E-state index in [0.29, 0.717) is 13.0 Å². The first-order valence-electron chi connectivity index (χ1n) is 8.48. The molecule has 3 rings (SSSR count). The first kappa shape index (κ1) is 17.1. The third kappa shape index (κ3) is 3.23. The van der Waals surface area contributed by atoms with Gasteiger partial charge >= 0.3 is 6.03 Å². The zero-order valence-corrected chi connectivity index (χ0v) is 14.6. The molecule has 1 aromatic heterocycles. The first-order valence-corrected chi connectivity index (χ1v) is 8.48. The lowest BCUT2D eigenvalue weighted by Crippen LogP contribution is -2.54. The summed E-state index contributed by atoms with van der Waals surface area (Å²) in [5.74, 6) is 0.789. The van der Waals surface area contributed by atoms with Crippen LogP contribution in [0.4, 0.5) is 4.79 Å². The zero-order valence-electron chi connectivity index (χ0n) is 14.6. The van der Waals surface area contributed by atoms with Crippen molar-refractivity contribution in [1.29, 1.82) is 0 Å². The van der Waals surface area contributed by atoms with E-state index in [1.54, 1.807) is 12.0 Å². The number of hydrogen-bond donors (Lipinski definition) is 2. The number of aromatic nitrogens is 2. The second-order valence-corrected chi connectivity index (χ2v) is 7.11. The lowest BCUT2D eigenvalue weighted by Gasteiger charge is -2.35. The van der Waals surface area contributed by atoms with Crippen molar-refractivity contribution >= 4 is 6.03 Å². The van der Waals surface area contributed by atoms with Gasteiger partial charge in [0.2, 0.25) is 0 Å². The minimum atomic E-state index is -0.572. The molecular weight excluding hydrogens is 308 g/mol. The van der Waals surface area contributed by atoms with E-state index in [2.05, 4.69) is 15.3 Å². The molecule has 1 aliphatic heterocycles. The Bertz CT molecular complexity index is 624. The van der Waals surface area contributed by atoms with E-state index in [1.165, 1.54) is 0 Å². The maximum Gasteiger partial charge on any atom is 0.318 e. The number of carbonyl (C=O) groups excluding carboxylic acids is 1. The summed E-state index contributed by atoms with van der Waals surface area (Å²) in [6.45, 7) is 4.23. The molecule has 2 N–H and O–H groups in total. The molecule has 132 valence electrons. The summed E-state index contributed by atoms with van der Waals surface area (Å²) in [5, 5.41) is 12.8. The third-order valence-electron chi connectivity index (χ3n) is 5.22. The van der Waals surface area contributed by atoms with Crippen LogP contribution in [-0.4, -0.2) is 64.0 Å². The molecule has 1 fully saturated rings. The molecule has 2 heterocycles. The molecule has 24 heavy (non-hydrogen) atoms. The fourth-order valence-corrected chi connectivity index (χ4v) is 3.71. The number of aliphatic hydroxyl groups excluding tert-OH is 1. The SMILES string of the molecule is COC1CN(C(=O)NC2CCc3nc(C)ncc3C2)C(C)(CO)C1. The predicted octanol–water partition coefficient (Wildman–Crippen LogP) is 0.824. The number of hydrogen-bond acceptors (Lipinski definition) is 5. The number of nitrogens with one attached hydrogen (secondary N) is 1. The van der Waals surface area contributed by atoms with Crippen molar-refractivity contribution in [2.24, 2.45) is 0 Å². The van der Waals surface area contributed by atoms with Gasteiger partial charge in [-0.1, -0.05) is 0 Å². The highest BCUT2D eigenvalue weighted by atomic mass is 16.5. The minimum Gasteiger partial charge on any atom is -0.394 e. The molecule has 3 unspecified atom stereocenters. The monoisotopic (exact) mass is 334 g/mol. The van der Waals surface area contributed by atoms with Crippen molar-refractivity contribution in [3.05, 3.63) is 23.3 Å². The van der Waals surface area contributed by atoms with Gasteiger partial charge in [-0.25, -0.2) is 14.8 Å². The first-order chi connectivity index (χ1) is 11.4. The van der Waals surface area contributed by atoms with Gasteiger partial charge in [-0.15, -0.1) is 0 Å². The number of methoxy groups -OCH3 is 1. The van der Waals surface area contributed by atoms with E-state index in [1.807, 2.05) is 20.0 Å². The van der Waals surface area contributed by atoms with Crippen molar-refractivity contribution in [3.8, 4) is 0 Å². The Balaban J connectivity index is 1.66. The molecule has 1 saturated heterocycles. The van der Waals surface area contributed by atoms with Crippen LogP contribution >= 0.6 is 0 Å². The van der Waals surface area contributed by atoms with Gasteiger partial charge in [-0.3, -0.25) is 0 Å². The molecule has 0 spiro atoms. The molecule has 1 aromatic rings. The molecule has 7 nitrogen and oxygen atoms in total. The van der Waals surface area contributed by atoms with Crippen LogP contribution in [0.25, 0.3) is 0 Å². The summed E-state index contributed by atoms with van der Waals surface area (Å²) in [7, 11) is 1.64. The lowest BCUT2D eigenvalue weighted by atomic mass is 9.93. The molecule has 0 aromatic carbocycles. The molecule has 2 amide bonds. The van der Waals surface area contributed by atoms with Crippen LogP contribution in [0, 0.1) is 6.92 Å². The van der Waals surface area contributed by atoms with Crippen LogP contribution in [-0.2, 0) is 17.6 Å². The van der Waals surface area contributed by atoms with Crippen LogP contribution in [0.2, 0.25) is 0 Å². The summed E-state index contributed by atoms with van der Waals surface area (Å²) in [4.78, 5) is 23.2. The van der Waals surface area contributed by atoms with Crippen LogP contribution < -0.4 is 5.32 Å². The Morgan fingerprint density at radius 2 is 2.38 bits per heavy atom. The predicted molar refractivity (Wildman–Crippen MR) is 88.7 cm³/mol. The number of nitrogens with zero attached hydrogens (tertiary/aromatic N) is 3. The minimum absolute atomic E-state index is 0.0312. The van der Waals surface area contributed by atoms with Gasteiger partial charge in [0.25, 0.3) is 0 Å². The molecular formula is C17H26N4O3. The Kier molecular flexibility index (Phi) is 4.73. The van der Waals surface area contributed by atoms with Crippen molar-refractivity contribution in [1.82, 2.24) is 20.2 Å². The highest BCUT2D eigenvalue weighted by Gasteiger charge is 2.44. The molecule has 0 saturated carbocycles. The van der Waals surface area contributed by atoms with Crippen LogP contribution in [0.5, 0.6) is 0 Å². The van der Waals surface area contributed by atoms with E-state index in [9.17, 15) is 9.90 Å². The largest absolute Gasteiger partial charge is 0.394 e. The van der Waals surface area contributed by atoms with Crippen molar-refractivity contribution < 1.29 is 14.6 Å². The molecule has 3 atom stereocenters. The van der Waals surface area contributed by atoms with Crippen molar-refractivity contribution in [2.75, 3.05) is 20.3 Å². The number of amides is 2. The van der Waals surface area contributed by atoms with Gasteiger partial charge in [0.15, 0.2) is 0 Å². The summed E-state index contributed by atoms with van der Waals surface area (Å²) in [6, 6.07) is -0.0616. The normalized spacial score (nSPS) is 29.4. The average Bonchev–Trinajstić information content (AvgIpc) is 2.93. The number of carbonyl (C=O) groups is 1. The second-order valence-electron chi connectivity index (χ2n) is 7.11. The quantitative estimate of drug-likeness (QED) is 0.855. The number of ether oxygens (including phenoxy) is 1. The van der Waals surface area contributed by atoms with Gasteiger partial charge in [-0.2, -0.15) is 0 Å². The summed E-state index contributed by atoms with van der Waals surface area (Å²) < 4.78 is 5.39. The highest BCUT2D eigenvalue weighted by molar-refractivity contribution is 5.76. The van der Waals surface area contributed by atoms with E-state index in [0.717, 1.165) is 36.3 Å². The Labute approximate surface area is 142 Å². The Morgan fingerprint density at radius 3 is 3.08 bits per heavy atom. The maximum absolute atomic E-state index is 12.7. The van der Waals surface area contributed by atoms with E-state index in [4.69, 9.17) is 4.74 Å². The summed E-state index contributed by atoms with van der Waals surface area (Å²) >= 11 is 0. The Morgan fingerprint density at radius 1 is 1.58 bits per heavy atom. The average molecular weight is 334 g/mol. The van der Waals surface area contributed by atoms with Crippen molar-refractivity contribution in [3.63, 3.8) is 0 Å².